The third-order valence-corrected chi connectivity index (χ3v) is 2.08. The SMILES string of the molecule is O=C(OC(F)(F)F)C(F)(C(F)(F)F)C(F)(F)N(C(F)(F)F)C(F)(F)F. The standard InChI is InChI=1S/C7F15NO2/c8-2(3(9,10)11,1(24)25-7(20,21)22)4(12,13)23(5(14,15)16)6(17,18)19. The van der Waals surface area contributed by atoms with Gasteiger partial charge >= 0.3 is 42.8 Å². The Balaban J connectivity index is 6.59. The first-order valence-electron chi connectivity index (χ1n) is 4.87. The Hall–Kier alpha value is -1.62. The Morgan fingerprint density at radius 3 is 1.16 bits per heavy atom. The molecule has 0 N–H and O–H groups in total. The molecule has 0 fully saturated rings. The second kappa shape index (κ2) is 5.97. The van der Waals surface area contributed by atoms with Crippen LogP contribution in [0.2, 0.25) is 0 Å². The molecule has 0 saturated heterocycles. The molecule has 0 rings (SSSR count). The van der Waals surface area contributed by atoms with E-state index in [1.165, 1.54) is 0 Å². The highest BCUT2D eigenvalue weighted by molar-refractivity contribution is 5.82. The average molecular weight is 415 g/mol. The molecule has 1 atom stereocenters. The van der Waals surface area contributed by atoms with Gasteiger partial charge in [0.2, 0.25) is 0 Å². The Morgan fingerprint density at radius 1 is 0.640 bits per heavy atom. The molecule has 0 aliphatic heterocycles. The molecular formula is C7F15NO2. The second-order valence-electron chi connectivity index (χ2n) is 3.80. The van der Waals surface area contributed by atoms with E-state index in [-0.39, 0.29) is 0 Å². The predicted molar refractivity (Wildman–Crippen MR) is 40.9 cm³/mol. The lowest BCUT2D eigenvalue weighted by Crippen LogP contribution is -2.72. The van der Waals surface area contributed by atoms with Gasteiger partial charge in [-0.2, -0.15) is 48.3 Å². The Morgan fingerprint density at radius 2 is 0.960 bits per heavy atom. The summed E-state index contributed by atoms with van der Waals surface area (Å²) in [5, 5.41) is 0. The maximum Gasteiger partial charge on any atom is 0.575 e. The summed E-state index contributed by atoms with van der Waals surface area (Å²) in [6.45, 7) is 0. The summed E-state index contributed by atoms with van der Waals surface area (Å²) < 4.78 is 185. The van der Waals surface area contributed by atoms with Crippen molar-refractivity contribution in [2.45, 2.75) is 36.9 Å². The first-order valence-corrected chi connectivity index (χ1v) is 4.87. The summed E-state index contributed by atoms with van der Waals surface area (Å²) in [4.78, 5) is 6.13. The molecule has 0 aromatic rings. The van der Waals surface area contributed by atoms with Crippen LogP contribution in [0, 0.1) is 0 Å². The fourth-order valence-corrected chi connectivity index (χ4v) is 1.20. The first kappa shape index (κ1) is 23.4. The molecule has 0 spiro atoms. The van der Waals surface area contributed by atoms with Crippen molar-refractivity contribution in [1.29, 1.82) is 0 Å². The zero-order chi connectivity index (χ0) is 20.9. The number of nitrogens with zero attached hydrogens (tertiary/aromatic N) is 1. The van der Waals surface area contributed by atoms with Crippen LogP contribution in [-0.4, -0.2) is 47.7 Å². The summed E-state index contributed by atoms with van der Waals surface area (Å²) in [5.41, 5.74) is -7.69. The van der Waals surface area contributed by atoms with Gasteiger partial charge in [-0.25, -0.2) is 9.18 Å². The van der Waals surface area contributed by atoms with Gasteiger partial charge in [0.25, 0.3) is 0 Å². The third kappa shape index (κ3) is 4.51. The van der Waals surface area contributed by atoms with Crippen LogP contribution in [0.1, 0.15) is 0 Å². The lowest BCUT2D eigenvalue weighted by molar-refractivity contribution is -0.471. The van der Waals surface area contributed by atoms with Gasteiger partial charge in [0.15, 0.2) is 0 Å². The molecule has 1 unspecified atom stereocenters. The van der Waals surface area contributed by atoms with Crippen molar-refractivity contribution in [1.82, 2.24) is 4.90 Å². The molecular weight excluding hydrogens is 415 g/mol. The second-order valence-corrected chi connectivity index (χ2v) is 3.80. The van der Waals surface area contributed by atoms with Crippen molar-refractivity contribution < 1.29 is 75.4 Å². The van der Waals surface area contributed by atoms with E-state index in [1.807, 2.05) is 0 Å². The van der Waals surface area contributed by atoms with Gasteiger partial charge in [-0.3, -0.25) is 0 Å². The summed E-state index contributed by atoms with van der Waals surface area (Å²) in [5.74, 6) is -4.80. The van der Waals surface area contributed by atoms with Crippen molar-refractivity contribution in [2.24, 2.45) is 0 Å². The summed E-state index contributed by atoms with van der Waals surface area (Å²) in [6, 6.07) is -7.97. The molecule has 25 heavy (non-hydrogen) atoms. The Labute approximate surface area is 124 Å². The zero-order valence-electron chi connectivity index (χ0n) is 10.4. The van der Waals surface area contributed by atoms with Crippen LogP contribution < -0.4 is 0 Å². The van der Waals surface area contributed by atoms with Gasteiger partial charge in [-0.05, 0) is 0 Å². The van der Waals surface area contributed by atoms with Crippen molar-refractivity contribution in [2.75, 3.05) is 0 Å². The Kier molecular flexibility index (Phi) is 5.59. The fourth-order valence-electron chi connectivity index (χ4n) is 1.20. The molecule has 0 aromatic carbocycles. The van der Waals surface area contributed by atoms with E-state index in [1.54, 1.807) is 4.74 Å². The lowest BCUT2D eigenvalue weighted by atomic mass is 10.0. The molecule has 0 aliphatic carbocycles. The van der Waals surface area contributed by atoms with Crippen molar-refractivity contribution in [3.05, 3.63) is 0 Å². The highest BCUT2D eigenvalue weighted by Crippen LogP contribution is 2.54. The topological polar surface area (TPSA) is 29.5 Å². The van der Waals surface area contributed by atoms with Crippen LogP contribution in [0.5, 0.6) is 0 Å². The number of hydrogen-bond acceptors (Lipinski definition) is 3. The molecule has 0 saturated carbocycles. The third-order valence-electron chi connectivity index (χ3n) is 2.08. The van der Waals surface area contributed by atoms with Crippen LogP contribution in [0.4, 0.5) is 65.9 Å². The monoisotopic (exact) mass is 415 g/mol. The lowest BCUT2D eigenvalue weighted by Gasteiger charge is -2.40. The number of ether oxygens (including phenoxy) is 1. The van der Waals surface area contributed by atoms with Crippen molar-refractivity contribution >= 4 is 5.97 Å². The number of carbonyl (C=O) groups excluding carboxylic acids is 1. The normalized spacial score (nSPS) is 17.4. The minimum atomic E-state index is -7.97. The Bertz CT molecular complexity index is 484. The molecule has 0 bridgehead atoms. The smallest absolute Gasteiger partial charge is 0.370 e. The van der Waals surface area contributed by atoms with Crippen LogP contribution in [0.3, 0.4) is 0 Å². The van der Waals surface area contributed by atoms with Crippen molar-refractivity contribution in [3.8, 4) is 0 Å². The summed E-state index contributed by atoms with van der Waals surface area (Å²) >= 11 is 0. The van der Waals surface area contributed by atoms with E-state index < -0.39 is 47.7 Å². The first-order chi connectivity index (χ1) is 10.5. The number of carbonyl (C=O) groups is 1. The molecule has 0 radical (unpaired) electrons. The van der Waals surface area contributed by atoms with E-state index >= 15 is 0 Å². The zero-order valence-corrected chi connectivity index (χ0v) is 10.4. The van der Waals surface area contributed by atoms with Crippen LogP contribution in [0.15, 0.2) is 0 Å². The van der Waals surface area contributed by atoms with Gasteiger partial charge in [-0.15, -0.1) is 13.2 Å². The van der Waals surface area contributed by atoms with E-state index in [0.29, 0.717) is 0 Å². The highest BCUT2D eigenvalue weighted by Gasteiger charge is 2.85. The number of hydrogen-bond donors (Lipinski definition) is 0. The van der Waals surface area contributed by atoms with E-state index in [2.05, 4.69) is 0 Å². The van der Waals surface area contributed by atoms with Gasteiger partial charge in [0, 0.05) is 0 Å². The largest absolute Gasteiger partial charge is 0.575 e. The number of esters is 1. The fraction of sp³-hybridized carbons (Fsp3) is 0.857. The number of rotatable bonds is 3. The molecule has 18 heteroatoms. The van der Waals surface area contributed by atoms with Gasteiger partial charge < -0.3 is 4.74 Å². The molecule has 3 nitrogen and oxygen atoms in total. The van der Waals surface area contributed by atoms with E-state index in [9.17, 15) is 70.7 Å². The molecule has 0 aliphatic rings. The highest BCUT2D eigenvalue weighted by atomic mass is 19.4. The van der Waals surface area contributed by atoms with Crippen molar-refractivity contribution in [3.63, 3.8) is 0 Å². The summed E-state index contributed by atoms with van der Waals surface area (Å²) in [7, 11) is 0. The summed E-state index contributed by atoms with van der Waals surface area (Å²) in [6.07, 6.45) is -29.3. The number of alkyl halides is 15. The maximum absolute atomic E-state index is 13.4. The van der Waals surface area contributed by atoms with Crippen LogP contribution in [0.25, 0.3) is 0 Å². The van der Waals surface area contributed by atoms with E-state index in [4.69, 9.17) is 0 Å². The van der Waals surface area contributed by atoms with Gasteiger partial charge in [0.1, 0.15) is 0 Å². The van der Waals surface area contributed by atoms with Gasteiger partial charge in [-0.1, -0.05) is 4.90 Å². The van der Waals surface area contributed by atoms with Crippen LogP contribution in [-0.2, 0) is 9.53 Å². The molecule has 0 amide bonds. The van der Waals surface area contributed by atoms with Gasteiger partial charge in [0.05, 0.1) is 0 Å². The minimum absolute atomic E-state index is 1.62. The predicted octanol–water partition coefficient (Wildman–Crippen LogP) is 4.25. The quantitative estimate of drug-likeness (QED) is 0.392. The molecule has 0 aromatic heterocycles. The molecule has 0 heterocycles. The van der Waals surface area contributed by atoms with E-state index in [0.717, 1.165) is 0 Å². The maximum atomic E-state index is 13.4. The minimum Gasteiger partial charge on any atom is -0.370 e. The van der Waals surface area contributed by atoms with Crippen LogP contribution >= 0.6 is 0 Å². The number of halogens is 15. The molecule has 150 valence electrons. The average Bonchev–Trinajstić information content (AvgIpc) is 2.17.